The Hall–Kier alpha value is -2.83. The van der Waals surface area contributed by atoms with Crippen molar-refractivity contribution in [3.05, 3.63) is 59.4 Å². The van der Waals surface area contributed by atoms with Gasteiger partial charge in [-0.3, -0.25) is 4.79 Å². The molecular formula is C17H14F3N3O. The van der Waals surface area contributed by atoms with Crippen molar-refractivity contribution in [1.82, 2.24) is 9.97 Å². The first-order valence-electron chi connectivity index (χ1n) is 7.23. The molecule has 0 aliphatic rings. The maximum Gasteiger partial charge on any atom is 0.416 e. The Balaban J connectivity index is 1.72. The van der Waals surface area contributed by atoms with Crippen LogP contribution in [0.4, 0.5) is 18.9 Å². The normalized spacial score (nSPS) is 11.7. The summed E-state index contributed by atoms with van der Waals surface area (Å²) in [4.78, 5) is 19.4. The topological polar surface area (TPSA) is 57.8 Å². The molecule has 1 amide bonds. The zero-order chi connectivity index (χ0) is 17.3. The van der Waals surface area contributed by atoms with Crippen LogP contribution in [0.15, 0.2) is 42.5 Å². The number of aromatic nitrogens is 2. The molecule has 4 nitrogen and oxygen atoms in total. The van der Waals surface area contributed by atoms with E-state index in [0.717, 1.165) is 34.6 Å². The van der Waals surface area contributed by atoms with Crippen molar-refractivity contribution in [2.24, 2.45) is 0 Å². The van der Waals surface area contributed by atoms with Crippen molar-refractivity contribution in [1.29, 1.82) is 0 Å². The van der Waals surface area contributed by atoms with Gasteiger partial charge in [-0.15, -0.1) is 0 Å². The molecule has 1 heterocycles. The lowest BCUT2D eigenvalue weighted by atomic mass is 10.1. The van der Waals surface area contributed by atoms with E-state index < -0.39 is 11.7 Å². The number of carbonyl (C=O) groups is 1. The van der Waals surface area contributed by atoms with Crippen molar-refractivity contribution < 1.29 is 18.0 Å². The van der Waals surface area contributed by atoms with Gasteiger partial charge in [0.1, 0.15) is 5.82 Å². The van der Waals surface area contributed by atoms with Crippen LogP contribution >= 0.6 is 0 Å². The summed E-state index contributed by atoms with van der Waals surface area (Å²) in [6.07, 6.45) is -4.38. The summed E-state index contributed by atoms with van der Waals surface area (Å²) in [5.41, 5.74) is 1.69. The standard InChI is InChI=1S/C17H14F3N3O/c1-10-21-14-6-5-11(7-15(14)22-10)8-16(24)23-13-4-2-3-12(9-13)17(18,19)20/h2-7,9H,8H2,1H3,(H,21,22)(H,23,24). The summed E-state index contributed by atoms with van der Waals surface area (Å²) < 4.78 is 38.0. The molecule has 0 spiro atoms. The van der Waals surface area contributed by atoms with Gasteiger partial charge >= 0.3 is 6.18 Å². The Bertz CT molecular complexity index is 899. The van der Waals surface area contributed by atoms with Crippen LogP contribution in [0, 0.1) is 6.92 Å². The second-order valence-corrected chi connectivity index (χ2v) is 5.48. The number of aryl methyl sites for hydroxylation is 1. The van der Waals surface area contributed by atoms with Crippen LogP contribution in [0.2, 0.25) is 0 Å². The van der Waals surface area contributed by atoms with Gasteiger partial charge in [0.15, 0.2) is 0 Å². The zero-order valence-corrected chi connectivity index (χ0v) is 12.7. The van der Waals surface area contributed by atoms with E-state index in [4.69, 9.17) is 0 Å². The number of benzene rings is 2. The predicted molar refractivity (Wildman–Crippen MR) is 84.6 cm³/mol. The first kappa shape index (κ1) is 16.0. The van der Waals surface area contributed by atoms with Gasteiger partial charge in [-0.25, -0.2) is 4.98 Å². The molecule has 3 aromatic rings. The zero-order valence-electron chi connectivity index (χ0n) is 12.7. The third-order valence-corrected chi connectivity index (χ3v) is 3.50. The van der Waals surface area contributed by atoms with E-state index in [0.29, 0.717) is 0 Å². The molecule has 0 saturated carbocycles. The number of halogens is 3. The van der Waals surface area contributed by atoms with E-state index in [1.54, 1.807) is 18.2 Å². The van der Waals surface area contributed by atoms with Crippen molar-refractivity contribution in [2.45, 2.75) is 19.5 Å². The van der Waals surface area contributed by atoms with E-state index >= 15 is 0 Å². The molecule has 0 unspecified atom stereocenters. The number of amides is 1. The lowest BCUT2D eigenvalue weighted by Gasteiger charge is -2.10. The SMILES string of the molecule is Cc1nc2ccc(CC(=O)Nc3cccc(C(F)(F)F)c3)cc2[nH]1. The fourth-order valence-corrected chi connectivity index (χ4v) is 2.46. The second kappa shape index (κ2) is 5.99. The molecule has 0 atom stereocenters. The Morgan fingerprint density at radius 2 is 2.00 bits per heavy atom. The number of imidazole rings is 1. The van der Waals surface area contributed by atoms with Crippen LogP contribution in [0.1, 0.15) is 17.0 Å². The quantitative estimate of drug-likeness (QED) is 0.759. The number of hydrogen-bond acceptors (Lipinski definition) is 2. The highest BCUT2D eigenvalue weighted by atomic mass is 19.4. The fraction of sp³-hybridized carbons (Fsp3) is 0.176. The maximum atomic E-state index is 12.7. The van der Waals surface area contributed by atoms with Gasteiger partial charge in [-0.05, 0) is 42.8 Å². The number of aromatic amines is 1. The number of H-pyrrole nitrogens is 1. The van der Waals surface area contributed by atoms with Crippen molar-refractivity contribution >= 4 is 22.6 Å². The lowest BCUT2D eigenvalue weighted by Crippen LogP contribution is -2.15. The predicted octanol–water partition coefficient (Wildman–Crippen LogP) is 4.07. The van der Waals surface area contributed by atoms with E-state index in [9.17, 15) is 18.0 Å². The summed E-state index contributed by atoms with van der Waals surface area (Å²) in [7, 11) is 0. The van der Waals surface area contributed by atoms with E-state index in [-0.39, 0.29) is 18.0 Å². The largest absolute Gasteiger partial charge is 0.416 e. The molecule has 2 aromatic carbocycles. The highest BCUT2D eigenvalue weighted by molar-refractivity contribution is 5.93. The summed E-state index contributed by atoms with van der Waals surface area (Å²) in [5, 5.41) is 2.49. The van der Waals surface area contributed by atoms with Gasteiger partial charge in [0, 0.05) is 5.69 Å². The molecule has 1 aromatic heterocycles. The van der Waals surface area contributed by atoms with Gasteiger partial charge in [0.2, 0.25) is 5.91 Å². The molecule has 0 fully saturated rings. The molecule has 7 heteroatoms. The van der Waals surface area contributed by atoms with Crippen LogP contribution in [-0.4, -0.2) is 15.9 Å². The summed E-state index contributed by atoms with van der Waals surface area (Å²) >= 11 is 0. The molecule has 2 N–H and O–H groups in total. The molecule has 3 rings (SSSR count). The molecule has 24 heavy (non-hydrogen) atoms. The van der Waals surface area contributed by atoms with Crippen LogP contribution in [-0.2, 0) is 17.4 Å². The third-order valence-electron chi connectivity index (χ3n) is 3.50. The molecule has 0 bridgehead atoms. The van der Waals surface area contributed by atoms with E-state index in [1.807, 2.05) is 6.92 Å². The smallest absolute Gasteiger partial charge is 0.342 e. The van der Waals surface area contributed by atoms with Gasteiger partial charge in [-0.2, -0.15) is 13.2 Å². The maximum absolute atomic E-state index is 12.7. The number of nitrogens with zero attached hydrogens (tertiary/aromatic N) is 1. The number of rotatable bonds is 3. The number of fused-ring (bicyclic) bond motifs is 1. The van der Waals surface area contributed by atoms with Gasteiger partial charge in [-0.1, -0.05) is 12.1 Å². The minimum absolute atomic E-state index is 0.0598. The molecule has 0 aliphatic carbocycles. The minimum Gasteiger partial charge on any atom is -0.342 e. The molecule has 0 saturated heterocycles. The Morgan fingerprint density at radius 3 is 2.75 bits per heavy atom. The number of alkyl halides is 3. The van der Waals surface area contributed by atoms with Crippen molar-refractivity contribution in [3.63, 3.8) is 0 Å². The summed E-state index contributed by atoms with van der Waals surface area (Å²) in [5.74, 6) is 0.389. The van der Waals surface area contributed by atoms with E-state index in [2.05, 4.69) is 15.3 Å². The molecule has 124 valence electrons. The first-order valence-corrected chi connectivity index (χ1v) is 7.23. The Kier molecular flexibility index (Phi) is 4.01. The van der Waals surface area contributed by atoms with Crippen LogP contribution in [0.25, 0.3) is 11.0 Å². The van der Waals surface area contributed by atoms with Crippen LogP contribution < -0.4 is 5.32 Å². The van der Waals surface area contributed by atoms with Gasteiger partial charge < -0.3 is 10.3 Å². The lowest BCUT2D eigenvalue weighted by molar-refractivity contribution is -0.137. The molecule has 0 aliphatic heterocycles. The fourth-order valence-electron chi connectivity index (χ4n) is 2.46. The molecular weight excluding hydrogens is 319 g/mol. The van der Waals surface area contributed by atoms with Crippen molar-refractivity contribution in [2.75, 3.05) is 5.32 Å². The average Bonchev–Trinajstić information content (AvgIpc) is 2.86. The first-order chi connectivity index (χ1) is 11.3. The van der Waals surface area contributed by atoms with Gasteiger partial charge in [0.25, 0.3) is 0 Å². The molecule has 0 radical (unpaired) electrons. The monoisotopic (exact) mass is 333 g/mol. The second-order valence-electron chi connectivity index (χ2n) is 5.48. The van der Waals surface area contributed by atoms with Crippen molar-refractivity contribution in [3.8, 4) is 0 Å². The summed E-state index contributed by atoms with van der Waals surface area (Å²) in [6.45, 7) is 1.83. The van der Waals surface area contributed by atoms with Gasteiger partial charge in [0.05, 0.1) is 23.0 Å². The third kappa shape index (κ3) is 3.56. The average molecular weight is 333 g/mol. The number of carbonyl (C=O) groups excluding carboxylic acids is 1. The number of nitrogens with one attached hydrogen (secondary N) is 2. The number of anilines is 1. The Morgan fingerprint density at radius 1 is 1.21 bits per heavy atom. The number of hydrogen-bond donors (Lipinski definition) is 2. The minimum atomic E-state index is -4.44. The Labute approximate surface area is 135 Å². The van der Waals surface area contributed by atoms with Crippen LogP contribution in [0.3, 0.4) is 0 Å². The van der Waals surface area contributed by atoms with Crippen LogP contribution in [0.5, 0.6) is 0 Å². The van der Waals surface area contributed by atoms with E-state index in [1.165, 1.54) is 12.1 Å². The summed E-state index contributed by atoms with van der Waals surface area (Å²) in [6, 6.07) is 9.94. The highest BCUT2D eigenvalue weighted by Crippen LogP contribution is 2.30. The highest BCUT2D eigenvalue weighted by Gasteiger charge is 2.30.